The van der Waals surface area contributed by atoms with Crippen LogP contribution in [0.5, 0.6) is 5.75 Å². The number of hydrogen-bond acceptors (Lipinski definition) is 4. The minimum absolute atomic E-state index is 0.0281. The van der Waals surface area contributed by atoms with Crippen LogP contribution in [0.3, 0.4) is 0 Å². The predicted octanol–water partition coefficient (Wildman–Crippen LogP) is 4.51. The number of halogens is 1. The number of likely N-dealkylation sites (tertiary alicyclic amines) is 1. The van der Waals surface area contributed by atoms with Crippen LogP contribution in [0, 0.1) is 0 Å². The summed E-state index contributed by atoms with van der Waals surface area (Å²) in [5.41, 5.74) is 2.83. The van der Waals surface area contributed by atoms with Gasteiger partial charge in [0.15, 0.2) is 0 Å². The average Bonchev–Trinajstić information content (AvgIpc) is 3.20. The highest BCUT2D eigenvalue weighted by Gasteiger charge is 2.34. The van der Waals surface area contributed by atoms with Crippen LogP contribution >= 0.6 is 11.6 Å². The van der Waals surface area contributed by atoms with Crippen molar-refractivity contribution in [1.29, 1.82) is 0 Å². The first kappa shape index (κ1) is 19.9. The molecule has 0 aromatic heterocycles. The molecule has 1 fully saturated rings. The second-order valence-corrected chi connectivity index (χ2v) is 8.00. The summed E-state index contributed by atoms with van der Waals surface area (Å²) >= 11 is 6.48. The Morgan fingerprint density at radius 1 is 1.10 bits per heavy atom. The highest BCUT2D eigenvalue weighted by Crippen LogP contribution is 2.36. The molecular weight excluding hydrogens is 386 g/mol. The minimum atomic E-state index is -0.182. The van der Waals surface area contributed by atoms with E-state index in [1.807, 2.05) is 48.5 Å². The third-order valence-electron chi connectivity index (χ3n) is 5.66. The topological polar surface area (TPSA) is 45.1 Å². The fraction of sp³-hybridized carbons (Fsp3) is 0.391. The first-order chi connectivity index (χ1) is 14.2. The van der Waals surface area contributed by atoms with Crippen molar-refractivity contribution in [1.82, 2.24) is 9.91 Å². The van der Waals surface area contributed by atoms with Crippen LogP contribution in [0.25, 0.3) is 0 Å². The summed E-state index contributed by atoms with van der Waals surface area (Å²) in [7, 11) is 1.65. The van der Waals surface area contributed by atoms with Crippen molar-refractivity contribution in [2.75, 3.05) is 26.7 Å². The minimum Gasteiger partial charge on any atom is -0.497 e. The van der Waals surface area contributed by atoms with E-state index in [9.17, 15) is 4.79 Å². The number of ether oxygens (including phenoxy) is 1. The molecule has 4 rings (SSSR count). The second-order valence-electron chi connectivity index (χ2n) is 7.59. The summed E-state index contributed by atoms with van der Waals surface area (Å²) in [6.07, 6.45) is 4.20. The number of nitrogens with zero attached hydrogens (tertiary/aromatic N) is 3. The third-order valence-corrected chi connectivity index (χ3v) is 6.01. The van der Waals surface area contributed by atoms with E-state index in [-0.39, 0.29) is 11.9 Å². The Bertz CT molecular complexity index is 891. The molecule has 2 aromatic carbocycles. The number of carbonyl (C=O) groups is 1. The van der Waals surface area contributed by atoms with Gasteiger partial charge in [0.2, 0.25) is 0 Å². The Hall–Kier alpha value is -2.37. The van der Waals surface area contributed by atoms with E-state index in [4.69, 9.17) is 21.4 Å². The maximum atomic E-state index is 13.2. The summed E-state index contributed by atoms with van der Waals surface area (Å²) in [5.74, 6) is 0.827. The van der Waals surface area contributed by atoms with Gasteiger partial charge in [-0.3, -0.25) is 9.69 Å². The first-order valence-electron chi connectivity index (χ1n) is 10.2. The van der Waals surface area contributed by atoms with Gasteiger partial charge in [0, 0.05) is 11.4 Å². The smallest absolute Gasteiger partial charge is 0.257 e. The average molecular weight is 412 g/mol. The number of amides is 1. The summed E-state index contributed by atoms with van der Waals surface area (Å²) in [6.45, 7) is 2.36. The molecule has 29 heavy (non-hydrogen) atoms. The van der Waals surface area contributed by atoms with E-state index in [1.165, 1.54) is 6.42 Å². The second kappa shape index (κ2) is 8.97. The van der Waals surface area contributed by atoms with E-state index < -0.39 is 0 Å². The number of carbonyl (C=O) groups excluding carboxylic acids is 1. The van der Waals surface area contributed by atoms with E-state index in [0.29, 0.717) is 18.0 Å². The lowest BCUT2D eigenvalue weighted by Gasteiger charge is -2.29. The highest BCUT2D eigenvalue weighted by molar-refractivity contribution is 6.31. The van der Waals surface area contributed by atoms with Gasteiger partial charge in [-0.25, -0.2) is 5.01 Å². The molecule has 2 aromatic rings. The molecule has 0 N–H and O–H groups in total. The Kier molecular flexibility index (Phi) is 6.16. The van der Waals surface area contributed by atoms with Crippen molar-refractivity contribution in [3.05, 3.63) is 64.7 Å². The third kappa shape index (κ3) is 4.46. The first-order valence-corrected chi connectivity index (χ1v) is 10.5. The van der Waals surface area contributed by atoms with Crippen molar-refractivity contribution >= 4 is 23.2 Å². The Morgan fingerprint density at radius 3 is 2.52 bits per heavy atom. The van der Waals surface area contributed by atoms with Crippen molar-refractivity contribution in [2.45, 2.75) is 31.7 Å². The molecule has 0 saturated carbocycles. The van der Waals surface area contributed by atoms with Gasteiger partial charge in [-0.05, 0) is 67.4 Å². The molecule has 5 nitrogen and oxygen atoms in total. The molecule has 2 aliphatic rings. The van der Waals surface area contributed by atoms with Gasteiger partial charge in [0.1, 0.15) is 5.75 Å². The van der Waals surface area contributed by atoms with Crippen molar-refractivity contribution < 1.29 is 9.53 Å². The van der Waals surface area contributed by atoms with Gasteiger partial charge in [0.05, 0.1) is 25.4 Å². The molecular formula is C23H26ClN3O2. The van der Waals surface area contributed by atoms with Gasteiger partial charge in [-0.1, -0.05) is 36.2 Å². The van der Waals surface area contributed by atoms with Crippen LogP contribution in [0.1, 0.15) is 42.9 Å². The largest absolute Gasteiger partial charge is 0.497 e. The lowest BCUT2D eigenvalue weighted by Crippen LogP contribution is -2.40. The normalized spacial score (nSPS) is 19.9. The van der Waals surface area contributed by atoms with E-state index in [0.717, 1.165) is 48.5 Å². The van der Waals surface area contributed by atoms with Gasteiger partial charge in [-0.15, -0.1) is 0 Å². The zero-order chi connectivity index (χ0) is 20.2. The zero-order valence-electron chi connectivity index (χ0n) is 16.7. The molecule has 1 atom stereocenters. The van der Waals surface area contributed by atoms with Gasteiger partial charge < -0.3 is 4.74 Å². The van der Waals surface area contributed by atoms with E-state index in [1.54, 1.807) is 12.1 Å². The summed E-state index contributed by atoms with van der Waals surface area (Å²) < 4.78 is 5.25. The van der Waals surface area contributed by atoms with Crippen LogP contribution < -0.4 is 4.74 Å². The molecule has 2 heterocycles. The van der Waals surface area contributed by atoms with Crippen LogP contribution in [0.15, 0.2) is 53.6 Å². The van der Waals surface area contributed by atoms with Gasteiger partial charge in [0.25, 0.3) is 5.91 Å². The van der Waals surface area contributed by atoms with Crippen LogP contribution in [0.4, 0.5) is 0 Å². The fourth-order valence-electron chi connectivity index (χ4n) is 4.07. The molecule has 2 aliphatic heterocycles. The highest BCUT2D eigenvalue weighted by atomic mass is 35.5. The Balaban J connectivity index is 1.61. The lowest BCUT2D eigenvalue weighted by atomic mass is 9.98. The van der Waals surface area contributed by atoms with Crippen LogP contribution in [-0.2, 0) is 4.79 Å². The summed E-state index contributed by atoms with van der Waals surface area (Å²) in [4.78, 5) is 15.4. The molecule has 1 saturated heterocycles. The zero-order valence-corrected chi connectivity index (χ0v) is 17.4. The molecule has 1 amide bonds. The summed E-state index contributed by atoms with van der Waals surface area (Å²) in [5, 5.41) is 7.07. The molecule has 6 heteroatoms. The molecule has 1 unspecified atom stereocenters. The Morgan fingerprint density at radius 2 is 1.83 bits per heavy atom. The number of rotatable bonds is 5. The van der Waals surface area contributed by atoms with Crippen molar-refractivity contribution in [3.63, 3.8) is 0 Å². The maximum absolute atomic E-state index is 13.2. The number of piperidine rings is 1. The number of methoxy groups -OCH3 is 1. The van der Waals surface area contributed by atoms with Gasteiger partial charge >= 0.3 is 0 Å². The Labute approximate surface area is 176 Å². The number of hydrazone groups is 1. The molecule has 0 aliphatic carbocycles. The fourth-order valence-corrected chi connectivity index (χ4v) is 4.33. The molecule has 0 bridgehead atoms. The van der Waals surface area contributed by atoms with Crippen LogP contribution in [0.2, 0.25) is 5.02 Å². The van der Waals surface area contributed by atoms with Crippen molar-refractivity contribution in [2.24, 2.45) is 5.10 Å². The standard InChI is InChI=1S/C23H26ClN3O2/c1-29-18-11-9-17(10-12-18)21-15-22(19-7-3-4-8-20(19)24)27(25-21)23(28)16-26-13-5-2-6-14-26/h3-4,7-12,22H,2,5-6,13-16H2,1H3. The number of benzene rings is 2. The quantitative estimate of drug-likeness (QED) is 0.727. The summed E-state index contributed by atoms with van der Waals surface area (Å²) in [6, 6.07) is 15.3. The number of hydrogen-bond donors (Lipinski definition) is 0. The maximum Gasteiger partial charge on any atom is 0.257 e. The molecule has 0 radical (unpaired) electrons. The van der Waals surface area contributed by atoms with Crippen molar-refractivity contribution in [3.8, 4) is 5.75 Å². The van der Waals surface area contributed by atoms with E-state index in [2.05, 4.69) is 4.90 Å². The predicted molar refractivity (Wildman–Crippen MR) is 115 cm³/mol. The SMILES string of the molecule is COc1ccc(C2=NN(C(=O)CN3CCCCC3)C(c3ccccc3Cl)C2)cc1. The van der Waals surface area contributed by atoms with Crippen LogP contribution in [-0.4, -0.2) is 48.3 Å². The van der Waals surface area contributed by atoms with E-state index >= 15 is 0 Å². The van der Waals surface area contributed by atoms with Gasteiger partial charge in [-0.2, -0.15) is 5.10 Å². The monoisotopic (exact) mass is 411 g/mol. The lowest BCUT2D eigenvalue weighted by molar-refractivity contribution is -0.134. The molecule has 152 valence electrons. The molecule has 0 spiro atoms.